The van der Waals surface area contributed by atoms with Crippen LogP contribution in [0.4, 0.5) is 4.39 Å². The van der Waals surface area contributed by atoms with Crippen molar-refractivity contribution in [3.05, 3.63) is 77.6 Å². The Balaban J connectivity index is 1.43. The fraction of sp³-hybridized carbons (Fsp3) is 0.200. The van der Waals surface area contributed by atoms with Crippen LogP contribution in [0.2, 0.25) is 5.02 Å². The third-order valence-electron chi connectivity index (χ3n) is 3.91. The van der Waals surface area contributed by atoms with E-state index in [1.54, 1.807) is 28.8 Å². The van der Waals surface area contributed by atoms with Gasteiger partial charge in [-0.15, -0.1) is 0 Å². The summed E-state index contributed by atoms with van der Waals surface area (Å²) in [7, 11) is 0. The van der Waals surface area contributed by atoms with Gasteiger partial charge in [0.05, 0.1) is 19.1 Å². The second kappa shape index (κ2) is 9.19. The Bertz CT molecular complexity index is 879. The van der Waals surface area contributed by atoms with E-state index >= 15 is 0 Å². The van der Waals surface area contributed by atoms with Gasteiger partial charge in [-0.1, -0.05) is 11.6 Å². The van der Waals surface area contributed by atoms with Crippen molar-refractivity contribution in [1.29, 1.82) is 0 Å². The zero-order chi connectivity index (χ0) is 19.1. The van der Waals surface area contributed by atoms with Crippen LogP contribution in [0.1, 0.15) is 23.3 Å². The van der Waals surface area contributed by atoms with E-state index in [1.165, 1.54) is 24.7 Å². The van der Waals surface area contributed by atoms with Gasteiger partial charge in [0, 0.05) is 17.3 Å². The highest BCUT2D eigenvalue weighted by Crippen LogP contribution is 2.16. The molecule has 0 atom stereocenters. The van der Waals surface area contributed by atoms with Gasteiger partial charge in [0.25, 0.3) is 5.91 Å². The highest BCUT2D eigenvalue weighted by Gasteiger charge is 2.12. The Labute approximate surface area is 161 Å². The molecule has 2 aromatic carbocycles. The summed E-state index contributed by atoms with van der Waals surface area (Å²) in [6.07, 6.45) is 4.61. The fourth-order valence-corrected chi connectivity index (χ4v) is 2.64. The van der Waals surface area contributed by atoms with E-state index < -0.39 is 0 Å². The van der Waals surface area contributed by atoms with Crippen molar-refractivity contribution in [3.63, 3.8) is 0 Å². The number of nitrogens with zero attached hydrogens (tertiary/aromatic N) is 2. The van der Waals surface area contributed by atoms with Crippen molar-refractivity contribution in [2.24, 2.45) is 0 Å². The number of unbranched alkanes of at least 4 members (excludes halogenated alkanes) is 1. The molecule has 1 amide bonds. The molecular formula is C20H19ClFN3O2. The molecule has 140 valence electrons. The Hall–Kier alpha value is -2.86. The van der Waals surface area contributed by atoms with Crippen LogP contribution >= 0.6 is 11.6 Å². The maximum absolute atomic E-state index is 13.1. The van der Waals surface area contributed by atoms with E-state index in [0.717, 1.165) is 18.6 Å². The monoisotopic (exact) mass is 387 g/mol. The largest absolute Gasteiger partial charge is 0.494 e. The normalized spacial score (nSPS) is 10.6. The molecule has 0 aliphatic heterocycles. The first kappa shape index (κ1) is 18.9. The molecule has 3 rings (SSSR count). The number of aromatic nitrogens is 2. The molecule has 1 aromatic heterocycles. The lowest BCUT2D eigenvalue weighted by Crippen LogP contribution is -2.26. The molecule has 0 bridgehead atoms. The third-order valence-corrected chi connectivity index (χ3v) is 4.17. The lowest BCUT2D eigenvalue weighted by molar-refractivity contribution is 0.0945. The number of rotatable bonds is 8. The average molecular weight is 388 g/mol. The second-order valence-electron chi connectivity index (χ2n) is 5.89. The summed E-state index contributed by atoms with van der Waals surface area (Å²) in [4.78, 5) is 16.4. The summed E-state index contributed by atoms with van der Waals surface area (Å²) in [5.74, 6) is 0.216. The maximum Gasteiger partial charge on any atom is 0.269 e. The molecule has 0 spiro atoms. The minimum absolute atomic E-state index is 0.226. The Kier molecular flexibility index (Phi) is 6.44. The van der Waals surface area contributed by atoms with Crippen LogP contribution in [-0.2, 0) is 0 Å². The number of hydrogen-bond acceptors (Lipinski definition) is 3. The number of carbonyl (C=O) groups excluding carboxylic acids is 1. The van der Waals surface area contributed by atoms with Gasteiger partial charge in [-0.3, -0.25) is 9.36 Å². The molecular weight excluding hydrogens is 369 g/mol. The maximum atomic E-state index is 13.1. The van der Waals surface area contributed by atoms with Crippen LogP contribution in [0.5, 0.6) is 5.75 Å². The number of benzene rings is 2. The van der Waals surface area contributed by atoms with Gasteiger partial charge in [0.1, 0.15) is 17.3 Å². The van der Waals surface area contributed by atoms with E-state index in [4.69, 9.17) is 16.3 Å². The van der Waals surface area contributed by atoms with Crippen LogP contribution in [0, 0.1) is 5.82 Å². The second-order valence-corrected chi connectivity index (χ2v) is 6.33. The molecule has 1 heterocycles. The molecule has 5 nitrogen and oxygen atoms in total. The van der Waals surface area contributed by atoms with Crippen LogP contribution in [0.15, 0.2) is 61.1 Å². The number of nitrogens with one attached hydrogen (secondary N) is 1. The van der Waals surface area contributed by atoms with E-state index in [-0.39, 0.29) is 11.7 Å². The van der Waals surface area contributed by atoms with Crippen LogP contribution in [-0.4, -0.2) is 28.6 Å². The molecule has 0 unspecified atom stereocenters. The van der Waals surface area contributed by atoms with Crippen molar-refractivity contribution in [3.8, 4) is 11.4 Å². The van der Waals surface area contributed by atoms with Crippen molar-refractivity contribution in [2.75, 3.05) is 13.2 Å². The fourth-order valence-electron chi connectivity index (χ4n) is 2.51. The molecule has 0 saturated heterocycles. The lowest BCUT2D eigenvalue weighted by Gasteiger charge is -2.09. The van der Waals surface area contributed by atoms with Gasteiger partial charge in [-0.05, 0) is 61.4 Å². The van der Waals surface area contributed by atoms with Crippen molar-refractivity contribution in [2.45, 2.75) is 12.8 Å². The molecule has 0 saturated carbocycles. The van der Waals surface area contributed by atoms with Gasteiger partial charge >= 0.3 is 0 Å². The molecule has 1 N–H and O–H groups in total. The lowest BCUT2D eigenvalue weighted by atomic mass is 10.3. The van der Waals surface area contributed by atoms with E-state index in [1.807, 2.05) is 12.1 Å². The van der Waals surface area contributed by atoms with Crippen molar-refractivity contribution >= 4 is 17.5 Å². The zero-order valence-corrected chi connectivity index (χ0v) is 15.3. The third kappa shape index (κ3) is 5.31. The average Bonchev–Trinajstić information content (AvgIpc) is 3.16. The Morgan fingerprint density at radius 3 is 2.59 bits per heavy atom. The summed E-state index contributed by atoms with van der Waals surface area (Å²) < 4.78 is 20.3. The van der Waals surface area contributed by atoms with Gasteiger partial charge in [-0.25, -0.2) is 9.37 Å². The summed E-state index contributed by atoms with van der Waals surface area (Å²) in [6, 6.07) is 13.1. The molecule has 0 aliphatic carbocycles. The van der Waals surface area contributed by atoms with Crippen LogP contribution in [0.3, 0.4) is 0 Å². The first-order chi connectivity index (χ1) is 13.1. The van der Waals surface area contributed by atoms with Crippen LogP contribution in [0.25, 0.3) is 5.69 Å². The summed E-state index contributed by atoms with van der Waals surface area (Å²) in [5.41, 5.74) is 1.08. The summed E-state index contributed by atoms with van der Waals surface area (Å²) in [5, 5.41) is 3.54. The molecule has 0 fully saturated rings. The minimum Gasteiger partial charge on any atom is -0.494 e. The number of halogens is 2. The SMILES string of the molecule is O=C(NCCCCOc1ccc(Cl)cc1)c1cncn1-c1ccc(F)cc1. The minimum atomic E-state index is -0.328. The topological polar surface area (TPSA) is 56.1 Å². The number of ether oxygens (including phenoxy) is 1. The number of hydrogen-bond donors (Lipinski definition) is 1. The van der Waals surface area contributed by atoms with E-state index in [2.05, 4.69) is 10.3 Å². The highest BCUT2D eigenvalue weighted by atomic mass is 35.5. The molecule has 3 aromatic rings. The smallest absolute Gasteiger partial charge is 0.269 e. The number of carbonyl (C=O) groups is 1. The van der Waals surface area contributed by atoms with Gasteiger partial charge < -0.3 is 10.1 Å². The van der Waals surface area contributed by atoms with Gasteiger partial charge in [0.15, 0.2) is 0 Å². The molecule has 0 radical (unpaired) electrons. The first-order valence-electron chi connectivity index (χ1n) is 8.58. The number of amides is 1. The Morgan fingerprint density at radius 2 is 1.85 bits per heavy atom. The highest BCUT2D eigenvalue weighted by molar-refractivity contribution is 6.30. The first-order valence-corrected chi connectivity index (χ1v) is 8.96. The van der Waals surface area contributed by atoms with Gasteiger partial charge in [0.2, 0.25) is 0 Å². The van der Waals surface area contributed by atoms with Gasteiger partial charge in [-0.2, -0.15) is 0 Å². The quantitative estimate of drug-likeness (QED) is 0.588. The zero-order valence-electron chi connectivity index (χ0n) is 14.6. The molecule has 27 heavy (non-hydrogen) atoms. The van der Waals surface area contributed by atoms with Crippen molar-refractivity contribution < 1.29 is 13.9 Å². The summed E-state index contributed by atoms with van der Waals surface area (Å²) >= 11 is 5.82. The predicted molar refractivity (Wildman–Crippen MR) is 102 cm³/mol. The molecule has 7 heteroatoms. The summed E-state index contributed by atoms with van der Waals surface area (Å²) in [6.45, 7) is 1.09. The standard InChI is InChI=1S/C20H19ClFN3O2/c21-15-3-9-18(10-4-15)27-12-2-1-11-24-20(26)19-13-23-14-25(19)17-7-5-16(22)6-8-17/h3-10,13-14H,1-2,11-12H2,(H,24,26). The van der Waals surface area contributed by atoms with E-state index in [9.17, 15) is 9.18 Å². The number of imidazole rings is 1. The van der Waals surface area contributed by atoms with E-state index in [0.29, 0.717) is 29.6 Å². The Morgan fingerprint density at radius 1 is 1.11 bits per heavy atom. The van der Waals surface area contributed by atoms with Crippen LogP contribution < -0.4 is 10.1 Å². The van der Waals surface area contributed by atoms with Crippen molar-refractivity contribution in [1.82, 2.24) is 14.9 Å². The predicted octanol–water partition coefficient (Wildman–Crippen LogP) is 4.25. The molecule has 0 aliphatic rings.